The highest BCUT2D eigenvalue weighted by atomic mass is 19.4. The Morgan fingerprint density at radius 1 is 0.429 bits per heavy atom. The van der Waals surface area contributed by atoms with E-state index in [1.54, 1.807) is 22.9 Å². The smallest absolute Gasteiger partial charge is 0.416 e. The quantitative estimate of drug-likeness (QED) is 0.0361. The van der Waals surface area contributed by atoms with Crippen LogP contribution in [0.3, 0.4) is 0 Å². The van der Waals surface area contributed by atoms with E-state index < -0.39 is 201 Å². The molecule has 30 heteroatoms. The van der Waals surface area contributed by atoms with Gasteiger partial charge in [0.25, 0.3) is 0 Å². The van der Waals surface area contributed by atoms with Crippen molar-refractivity contribution in [2.45, 2.75) is 76.7 Å². The SMILES string of the molecule is Cc1cc(C)c(OC(=O)c2cncc[n+]2CC(=O)c2ccccc2)c(C)c1.FC(F)(F)c1cc([B-](c2cc(C(F)(F)F)cc(C(F)(F)F)c2)(c2cc(C(F)(F)F)cc(C(F)(F)F)c2)c2cc(C(F)(F)F)cc(C(F)(F)F)c2)cc(C(F)(F)F)c1. The lowest BCUT2D eigenvalue weighted by Crippen LogP contribution is -2.75. The second-order valence-electron chi connectivity index (χ2n) is 18.7. The molecule has 0 saturated heterocycles. The number of carbonyl (C=O) groups excluding carboxylic acids is 2. The highest BCUT2D eigenvalue weighted by molar-refractivity contribution is 7.20. The van der Waals surface area contributed by atoms with Gasteiger partial charge in [-0.3, -0.25) is 9.78 Å². The summed E-state index contributed by atoms with van der Waals surface area (Å²) in [5.41, 5.74) is -26.5. The first-order valence-electron chi connectivity index (χ1n) is 23.3. The number of Topliss-reactive ketones (excluding diaryl/α,β-unsaturated/α-hetero) is 1. The first-order valence-corrected chi connectivity index (χ1v) is 23.3. The number of carbonyl (C=O) groups is 2. The van der Waals surface area contributed by atoms with Gasteiger partial charge < -0.3 is 4.74 Å². The fourth-order valence-electron chi connectivity index (χ4n) is 9.11. The number of halogens is 24. The zero-order valence-electron chi connectivity index (χ0n) is 42.2. The Morgan fingerprint density at radius 3 is 0.988 bits per heavy atom. The molecule has 0 radical (unpaired) electrons. The third kappa shape index (κ3) is 14.8. The van der Waals surface area contributed by atoms with Gasteiger partial charge in [0.15, 0.2) is 6.20 Å². The Kier molecular flexibility index (Phi) is 17.7. The monoisotopic (exact) mass is 1220 g/mol. The molecule has 0 spiro atoms. The Bertz CT molecular complexity index is 3130. The van der Waals surface area contributed by atoms with Gasteiger partial charge in [-0.25, -0.2) is 4.79 Å². The summed E-state index contributed by atoms with van der Waals surface area (Å²) in [6.07, 6.45) is -50.2. The molecule has 0 bridgehead atoms. The molecule has 0 saturated carbocycles. The van der Waals surface area contributed by atoms with Crippen molar-refractivity contribution in [1.29, 1.82) is 0 Å². The van der Waals surface area contributed by atoms with Gasteiger partial charge in [-0.1, -0.05) is 96.6 Å². The van der Waals surface area contributed by atoms with Crippen LogP contribution in [-0.4, -0.2) is 22.9 Å². The van der Waals surface area contributed by atoms with Gasteiger partial charge in [0.1, 0.15) is 18.1 Å². The number of ether oxygens (including phenoxy) is 1. The number of nitrogens with zero attached hydrogens (tertiary/aromatic N) is 2. The van der Waals surface area contributed by atoms with Crippen LogP contribution in [0.5, 0.6) is 5.75 Å². The Morgan fingerprint density at radius 2 is 0.714 bits per heavy atom. The molecule has 7 rings (SSSR count). The van der Waals surface area contributed by atoms with Crippen molar-refractivity contribution in [3.05, 3.63) is 206 Å². The first kappa shape index (κ1) is 65.1. The summed E-state index contributed by atoms with van der Waals surface area (Å²) in [4.78, 5) is 29.3. The minimum absolute atomic E-state index is 0.0306. The van der Waals surface area contributed by atoms with Crippen LogP contribution in [0, 0.1) is 20.8 Å². The van der Waals surface area contributed by atoms with E-state index in [2.05, 4.69) is 4.98 Å². The van der Waals surface area contributed by atoms with Gasteiger partial charge in [0.05, 0.1) is 50.7 Å². The van der Waals surface area contributed by atoms with Gasteiger partial charge in [0.2, 0.25) is 12.3 Å². The second kappa shape index (κ2) is 22.8. The third-order valence-electron chi connectivity index (χ3n) is 12.7. The molecular formula is C54H33BF24N2O3. The molecule has 0 unspecified atom stereocenters. The Hall–Kier alpha value is -8.08. The normalized spacial score (nSPS) is 13.1. The minimum Gasteiger partial charge on any atom is -0.418 e. The number of aromatic nitrogens is 2. The molecule has 448 valence electrons. The number of alkyl halides is 24. The number of hydrogen-bond acceptors (Lipinski definition) is 4. The van der Waals surface area contributed by atoms with Crippen molar-refractivity contribution < 1.29 is 124 Å². The van der Waals surface area contributed by atoms with E-state index in [-0.39, 0.29) is 18.0 Å². The Labute approximate surface area is 457 Å². The van der Waals surface area contributed by atoms with Crippen molar-refractivity contribution in [3.63, 3.8) is 0 Å². The number of ketones is 1. The number of rotatable bonds is 9. The van der Waals surface area contributed by atoms with Crippen LogP contribution in [0.25, 0.3) is 0 Å². The summed E-state index contributed by atoms with van der Waals surface area (Å²) >= 11 is 0. The molecule has 0 amide bonds. The number of benzene rings is 6. The van der Waals surface area contributed by atoms with E-state index in [0.717, 1.165) is 16.7 Å². The minimum atomic E-state index is -6.13. The standard InChI is InChI=1S/C32H12BF24.C22H21N2O3/c34-25(35,36)13-1-14(26(37,38)39)6-21(5-13)33(22-7-15(27(40,41)42)2-16(8-22)28(43,44)45,23-9-17(29(46,47)48)3-18(10-23)30(49,50)51)24-11-19(31(52,53)54)4-20(12-24)32(55,56)57;1-15-11-16(2)21(17(3)12-15)27-22(26)19-13-23-9-10-24(19)14-20(25)18-7-5-4-6-8-18/h1-12H;4-13H,14H2,1-3H3/q-1;+1. The summed E-state index contributed by atoms with van der Waals surface area (Å²) < 4.78 is 348. The lowest BCUT2D eigenvalue weighted by molar-refractivity contribution is -0.686. The molecule has 0 aliphatic carbocycles. The molecule has 5 nitrogen and oxygen atoms in total. The lowest BCUT2D eigenvalue weighted by atomic mass is 9.12. The highest BCUT2D eigenvalue weighted by Crippen LogP contribution is 2.42. The zero-order valence-corrected chi connectivity index (χ0v) is 42.2. The molecule has 0 fully saturated rings. The van der Waals surface area contributed by atoms with Crippen LogP contribution in [0.4, 0.5) is 105 Å². The summed E-state index contributed by atoms with van der Waals surface area (Å²) in [6, 6.07) is 4.09. The lowest BCUT2D eigenvalue weighted by Gasteiger charge is -2.46. The van der Waals surface area contributed by atoms with Crippen LogP contribution in [0.15, 0.2) is 134 Å². The molecule has 84 heavy (non-hydrogen) atoms. The molecule has 6 aromatic carbocycles. The van der Waals surface area contributed by atoms with Crippen LogP contribution in [0.1, 0.15) is 82.0 Å². The van der Waals surface area contributed by atoms with Gasteiger partial charge >= 0.3 is 61.1 Å². The fraction of sp³-hybridized carbons (Fsp3) is 0.222. The maximum Gasteiger partial charge on any atom is 0.416 e. The van der Waals surface area contributed by atoms with E-state index >= 15 is 0 Å². The molecule has 0 aliphatic rings. The predicted octanol–water partition coefficient (Wildman–Crippen LogP) is 14.6. The zero-order chi connectivity index (χ0) is 63.3. The average molecular weight is 1220 g/mol. The summed E-state index contributed by atoms with van der Waals surface area (Å²) in [5, 5.41) is 0. The van der Waals surface area contributed by atoms with E-state index in [1.807, 2.05) is 51.1 Å². The number of esters is 1. The average Bonchev–Trinajstić information content (AvgIpc) is 0.775. The molecule has 0 N–H and O–H groups in total. The van der Waals surface area contributed by atoms with Crippen molar-refractivity contribution in [2.24, 2.45) is 0 Å². The predicted molar refractivity (Wildman–Crippen MR) is 251 cm³/mol. The van der Waals surface area contributed by atoms with E-state index in [0.29, 0.717) is 11.3 Å². The molecule has 0 aliphatic heterocycles. The van der Waals surface area contributed by atoms with Crippen LogP contribution in [0.2, 0.25) is 0 Å². The van der Waals surface area contributed by atoms with Crippen LogP contribution in [-0.2, 0) is 56.0 Å². The van der Waals surface area contributed by atoms with Crippen LogP contribution >= 0.6 is 0 Å². The summed E-state index contributed by atoms with van der Waals surface area (Å²) in [7, 11) is 0. The largest absolute Gasteiger partial charge is 0.418 e. The topological polar surface area (TPSA) is 60.1 Å². The van der Waals surface area contributed by atoms with Gasteiger partial charge in [-0.15, -0.1) is 0 Å². The molecular weight excluding hydrogens is 1190 g/mol. The van der Waals surface area contributed by atoms with E-state index in [9.17, 15) is 115 Å². The maximum absolute atomic E-state index is 14.2. The second-order valence-corrected chi connectivity index (χ2v) is 18.7. The maximum atomic E-state index is 14.2. The van der Waals surface area contributed by atoms with Gasteiger partial charge in [-0.2, -0.15) is 132 Å². The molecule has 7 aromatic rings. The van der Waals surface area contributed by atoms with E-state index in [1.165, 1.54) is 12.4 Å². The van der Waals surface area contributed by atoms with Crippen molar-refractivity contribution in [1.82, 2.24) is 4.98 Å². The van der Waals surface area contributed by atoms with Gasteiger partial charge in [-0.05, 0) is 56.2 Å². The first-order chi connectivity index (χ1) is 38.2. The van der Waals surface area contributed by atoms with Crippen molar-refractivity contribution in [2.75, 3.05) is 0 Å². The third-order valence-corrected chi connectivity index (χ3v) is 12.7. The van der Waals surface area contributed by atoms with E-state index in [4.69, 9.17) is 4.74 Å². The van der Waals surface area contributed by atoms with Crippen molar-refractivity contribution >= 4 is 39.7 Å². The molecule has 1 aromatic heterocycles. The number of aryl methyl sites for hydroxylation is 3. The highest BCUT2D eigenvalue weighted by Gasteiger charge is 2.47. The van der Waals surface area contributed by atoms with Crippen molar-refractivity contribution in [3.8, 4) is 5.75 Å². The Balaban J connectivity index is 0.000000347. The van der Waals surface area contributed by atoms with Gasteiger partial charge in [0, 0.05) is 5.56 Å². The molecule has 1 heterocycles. The molecule has 0 atom stereocenters. The fourth-order valence-corrected chi connectivity index (χ4v) is 9.11. The number of hydrogen-bond donors (Lipinski definition) is 0. The summed E-state index contributed by atoms with van der Waals surface area (Å²) in [6.45, 7) is 5.83. The summed E-state index contributed by atoms with van der Waals surface area (Å²) in [5.74, 6) is -0.0991. The van der Waals surface area contributed by atoms with Crippen LogP contribution < -0.4 is 31.2 Å².